The molecule has 0 aliphatic carbocycles. The van der Waals surface area contributed by atoms with Crippen LogP contribution < -0.4 is 11.0 Å². The van der Waals surface area contributed by atoms with E-state index < -0.39 is 11.6 Å². The van der Waals surface area contributed by atoms with Gasteiger partial charge in [-0.1, -0.05) is 40.9 Å². The van der Waals surface area contributed by atoms with Gasteiger partial charge in [0.2, 0.25) is 5.91 Å². The van der Waals surface area contributed by atoms with Crippen molar-refractivity contribution in [1.82, 2.24) is 14.2 Å². The van der Waals surface area contributed by atoms with E-state index in [-0.39, 0.29) is 21.6 Å². The Morgan fingerprint density at radius 2 is 1.87 bits per heavy atom. The summed E-state index contributed by atoms with van der Waals surface area (Å²) < 4.78 is 2.41. The normalized spacial score (nSPS) is 10.9. The number of nitrogens with zero attached hydrogens (tertiary/aromatic N) is 3. The van der Waals surface area contributed by atoms with Gasteiger partial charge in [-0.3, -0.25) is 9.20 Å². The fourth-order valence-electron chi connectivity index (χ4n) is 2.02. The number of carbonyl (C=O) groups excluding carboxylic acids is 1. The second-order valence-corrected chi connectivity index (χ2v) is 5.89. The lowest BCUT2D eigenvalue weighted by molar-refractivity contribution is -0.117. The largest absolute Gasteiger partial charge is 0.350 e. The average molecular weight is 372 g/mol. The molecule has 0 saturated carbocycles. The van der Waals surface area contributed by atoms with Gasteiger partial charge >= 0.3 is 5.69 Å². The van der Waals surface area contributed by atoms with E-state index in [1.165, 1.54) is 16.5 Å². The second kappa shape index (κ2) is 6.23. The predicted molar refractivity (Wildman–Crippen MR) is 89.6 cm³/mol. The topological polar surface area (TPSA) is 68.4 Å². The average Bonchev–Trinajstić information content (AvgIpc) is 2.81. The van der Waals surface area contributed by atoms with E-state index in [1.54, 1.807) is 24.4 Å². The summed E-state index contributed by atoms with van der Waals surface area (Å²) in [5.74, 6) is -0.462. The molecule has 0 spiro atoms. The van der Waals surface area contributed by atoms with E-state index in [9.17, 15) is 9.59 Å². The highest BCUT2D eigenvalue weighted by Crippen LogP contribution is 2.32. The van der Waals surface area contributed by atoms with Gasteiger partial charge in [0.25, 0.3) is 0 Å². The van der Waals surface area contributed by atoms with Gasteiger partial charge in [-0.2, -0.15) is 0 Å². The van der Waals surface area contributed by atoms with Gasteiger partial charge in [0, 0.05) is 6.20 Å². The van der Waals surface area contributed by atoms with Gasteiger partial charge in [0.15, 0.2) is 5.65 Å². The Bertz CT molecular complexity index is 964. The van der Waals surface area contributed by atoms with Crippen molar-refractivity contribution in [3.05, 3.63) is 62.1 Å². The third kappa shape index (κ3) is 3.19. The molecule has 1 aromatic carbocycles. The van der Waals surface area contributed by atoms with Gasteiger partial charge in [-0.15, -0.1) is 5.10 Å². The van der Waals surface area contributed by atoms with Crippen LogP contribution in [-0.2, 0) is 11.3 Å². The van der Waals surface area contributed by atoms with Gasteiger partial charge < -0.3 is 5.32 Å². The van der Waals surface area contributed by atoms with Crippen molar-refractivity contribution in [3.8, 4) is 0 Å². The number of amides is 1. The van der Waals surface area contributed by atoms with Crippen molar-refractivity contribution in [2.24, 2.45) is 0 Å². The molecule has 0 fully saturated rings. The molecule has 0 bridgehead atoms. The van der Waals surface area contributed by atoms with E-state index in [0.29, 0.717) is 11.3 Å². The molecule has 0 saturated heterocycles. The fourth-order valence-corrected chi connectivity index (χ4v) is 2.61. The summed E-state index contributed by atoms with van der Waals surface area (Å²) in [5, 5.41) is 7.44. The van der Waals surface area contributed by atoms with Crippen LogP contribution in [0, 0.1) is 0 Å². The number of pyridine rings is 1. The molecule has 1 amide bonds. The molecule has 0 atom stereocenters. The van der Waals surface area contributed by atoms with E-state index in [2.05, 4.69) is 10.4 Å². The van der Waals surface area contributed by atoms with Crippen LogP contribution in [0.1, 0.15) is 0 Å². The van der Waals surface area contributed by atoms with Crippen LogP contribution in [0.4, 0.5) is 5.69 Å². The Balaban J connectivity index is 1.83. The minimum Gasteiger partial charge on any atom is -0.323 e. The van der Waals surface area contributed by atoms with Crippen molar-refractivity contribution in [2.75, 3.05) is 5.32 Å². The standard InChI is InChI=1S/C14H9Cl3N4O2/c15-8-5-10(17)11(6-9(8)16)18-13(22)7-21-14(23)20-4-2-1-3-12(20)19-21/h1-6H,7H2,(H,18,22). The monoisotopic (exact) mass is 370 g/mol. The highest BCUT2D eigenvalue weighted by atomic mass is 35.5. The third-order valence-corrected chi connectivity index (χ3v) is 4.10. The Hall–Kier alpha value is -2.02. The molecule has 1 N–H and O–H groups in total. The Labute approximate surface area is 145 Å². The number of hydrogen-bond acceptors (Lipinski definition) is 3. The van der Waals surface area contributed by atoms with Crippen LogP contribution >= 0.6 is 34.8 Å². The maximum Gasteiger partial charge on any atom is 0.350 e. The van der Waals surface area contributed by atoms with Gasteiger partial charge in [-0.25, -0.2) is 9.48 Å². The van der Waals surface area contributed by atoms with Crippen molar-refractivity contribution < 1.29 is 4.79 Å². The number of aromatic nitrogens is 3. The SMILES string of the molecule is O=C(Cn1nc2ccccn2c1=O)Nc1cc(Cl)c(Cl)cc1Cl. The molecule has 9 heteroatoms. The molecular weight excluding hydrogens is 363 g/mol. The zero-order valence-electron chi connectivity index (χ0n) is 11.5. The fraction of sp³-hybridized carbons (Fsp3) is 0.0714. The first kappa shape index (κ1) is 15.9. The molecule has 0 unspecified atom stereocenters. The predicted octanol–water partition coefficient (Wildman–Crippen LogP) is 3.09. The molecule has 3 rings (SSSR count). The van der Waals surface area contributed by atoms with Crippen molar-refractivity contribution >= 4 is 52.0 Å². The van der Waals surface area contributed by atoms with Gasteiger partial charge in [0.1, 0.15) is 6.54 Å². The van der Waals surface area contributed by atoms with Gasteiger partial charge in [-0.05, 0) is 24.3 Å². The van der Waals surface area contributed by atoms with Crippen LogP contribution in [0.5, 0.6) is 0 Å². The first-order valence-electron chi connectivity index (χ1n) is 6.44. The number of nitrogens with one attached hydrogen (secondary N) is 1. The molecule has 2 heterocycles. The summed E-state index contributed by atoms with van der Waals surface area (Å²) >= 11 is 17.7. The van der Waals surface area contributed by atoms with Crippen molar-refractivity contribution in [1.29, 1.82) is 0 Å². The number of benzene rings is 1. The zero-order valence-corrected chi connectivity index (χ0v) is 13.7. The lowest BCUT2D eigenvalue weighted by Crippen LogP contribution is -2.28. The highest BCUT2D eigenvalue weighted by molar-refractivity contribution is 6.44. The van der Waals surface area contributed by atoms with Gasteiger partial charge in [0.05, 0.1) is 20.8 Å². The summed E-state index contributed by atoms with van der Waals surface area (Å²) in [5.41, 5.74) is 0.358. The quantitative estimate of drug-likeness (QED) is 0.719. The molecule has 0 aliphatic heterocycles. The molecular formula is C14H9Cl3N4O2. The Morgan fingerprint density at radius 1 is 1.13 bits per heavy atom. The molecule has 0 aliphatic rings. The summed E-state index contributed by atoms with van der Waals surface area (Å²) in [6.07, 6.45) is 1.58. The summed E-state index contributed by atoms with van der Waals surface area (Å²) in [7, 11) is 0. The smallest absolute Gasteiger partial charge is 0.323 e. The molecule has 6 nitrogen and oxygen atoms in total. The zero-order chi connectivity index (χ0) is 16.6. The van der Waals surface area contributed by atoms with E-state index >= 15 is 0 Å². The highest BCUT2D eigenvalue weighted by Gasteiger charge is 2.13. The molecule has 3 aromatic rings. The van der Waals surface area contributed by atoms with Crippen molar-refractivity contribution in [3.63, 3.8) is 0 Å². The maximum atomic E-state index is 12.1. The lowest BCUT2D eigenvalue weighted by Gasteiger charge is -2.08. The Kier molecular flexibility index (Phi) is 4.30. The molecule has 0 radical (unpaired) electrons. The first-order chi connectivity index (χ1) is 11.0. The second-order valence-electron chi connectivity index (χ2n) is 4.66. The number of rotatable bonds is 3. The molecule has 118 valence electrons. The third-order valence-electron chi connectivity index (χ3n) is 3.07. The van der Waals surface area contributed by atoms with Crippen LogP contribution in [0.25, 0.3) is 5.65 Å². The van der Waals surface area contributed by atoms with Crippen LogP contribution in [0.3, 0.4) is 0 Å². The molecule has 2 aromatic heterocycles. The minimum atomic E-state index is -0.462. The van der Waals surface area contributed by atoms with E-state index in [0.717, 1.165) is 4.68 Å². The number of halogens is 3. The van der Waals surface area contributed by atoms with Crippen LogP contribution in [0.15, 0.2) is 41.3 Å². The number of hydrogen-bond donors (Lipinski definition) is 1. The number of anilines is 1. The summed E-state index contributed by atoms with van der Waals surface area (Å²) in [4.78, 5) is 24.2. The lowest BCUT2D eigenvalue weighted by atomic mass is 10.3. The summed E-state index contributed by atoms with van der Waals surface area (Å²) in [6.45, 7) is -0.253. The molecule has 23 heavy (non-hydrogen) atoms. The number of carbonyl (C=O) groups is 1. The van der Waals surface area contributed by atoms with E-state index in [1.807, 2.05) is 0 Å². The van der Waals surface area contributed by atoms with Crippen LogP contribution in [0.2, 0.25) is 15.1 Å². The minimum absolute atomic E-state index is 0.245. The number of fused-ring (bicyclic) bond motifs is 1. The Morgan fingerprint density at radius 3 is 2.61 bits per heavy atom. The van der Waals surface area contributed by atoms with Crippen LogP contribution in [-0.4, -0.2) is 20.1 Å². The summed E-state index contributed by atoms with van der Waals surface area (Å²) in [6, 6.07) is 8.00. The maximum absolute atomic E-state index is 12.1. The van der Waals surface area contributed by atoms with E-state index in [4.69, 9.17) is 34.8 Å². The first-order valence-corrected chi connectivity index (χ1v) is 7.57. The van der Waals surface area contributed by atoms with Crippen molar-refractivity contribution in [2.45, 2.75) is 6.54 Å².